The number of alkyl halides is 1. The number of benzene rings is 1. The molecule has 1 aromatic heterocycles. The number of carbonyl (C=O) groups is 1. The zero-order valence-electron chi connectivity index (χ0n) is 12.1. The van der Waals surface area contributed by atoms with Crippen molar-refractivity contribution in [3.8, 4) is 0 Å². The van der Waals surface area contributed by atoms with Crippen LogP contribution in [0.2, 0.25) is 0 Å². The summed E-state index contributed by atoms with van der Waals surface area (Å²) in [6.07, 6.45) is 0.657. The number of carbonyl (C=O) groups excluding carboxylic acids is 1. The Morgan fingerprint density at radius 3 is 2.85 bits per heavy atom. The summed E-state index contributed by atoms with van der Waals surface area (Å²) in [4.78, 5) is 16.6. The quantitative estimate of drug-likeness (QED) is 0.862. The van der Waals surface area contributed by atoms with Gasteiger partial charge < -0.3 is 9.88 Å². The second kappa shape index (κ2) is 6.27. The number of aromatic nitrogens is 2. The van der Waals surface area contributed by atoms with Gasteiger partial charge in [-0.1, -0.05) is 12.1 Å². The lowest BCUT2D eigenvalue weighted by Gasteiger charge is -2.11. The van der Waals surface area contributed by atoms with Crippen molar-refractivity contribution < 1.29 is 4.79 Å². The van der Waals surface area contributed by atoms with Gasteiger partial charge in [-0.2, -0.15) is 0 Å². The Labute approximate surface area is 124 Å². The maximum atomic E-state index is 12.0. The third-order valence-corrected chi connectivity index (χ3v) is 3.32. The van der Waals surface area contributed by atoms with Crippen molar-refractivity contribution in [2.24, 2.45) is 0 Å². The molecule has 0 atom stereocenters. The monoisotopic (exact) mass is 293 g/mol. The lowest BCUT2D eigenvalue weighted by molar-refractivity contribution is -0.122. The molecule has 0 aliphatic rings. The van der Waals surface area contributed by atoms with Crippen LogP contribution < -0.4 is 5.32 Å². The first kappa shape index (κ1) is 14.9. The van der Waals surface area contributed by atoms with Crippen LogP contribution >= 0.6 is 11.6 Å². The van der Waals surface area contributed by atoms with Crippen LogP contribution in [0.4, 0.5) is 0 Å². The van der Waals surface area contributed by atoms with Gasteiger partial charge in [-0.25, -0.2) is 4.98 Å². The van der Waals surface area contributed by atoms with E-state index in [4.69, 9.17) is 11.6 Å². The molecule has 0 bridgehead atoms. The summed E-state index contributed by atoms with van der Waals surface area (Å²) in [5.74, 6) is 1.36. The number of fused-ring (bicyclic) bond motifs is 1. The van der Waals surface area contributed by atoms with Crippen LogP contribution in [-0.2, 0) is 17.8 Å². The molecule has 4 nitrogen and oxygen atoms in total. The predicted molar refractivity (Wildman–Crippen MR) is 82.2 cm³/mol. The number of para-hydroxylation sites is 1. The molecule has 0 saturated heterocycles. The van der Waals surface area contributed by atoms with Crippen molar-refractivity contribution in [2.45, 2.75) is 39.8 Å². The minimum absolute atomic E-state index is 0.00312. The summed E-state index contributed by atoms with van der Waals surface area (Å²) < 4.78 is 1.96. The van der Waals surface area contributed by atoms with E-state index in [9.17, 15) is 4.79 Å². The summed E-state index contributed by atoms with van der Waals surface area (Å²) in [6.45, 7) is 6.21. The smallest absolute Gasteiger partial charge is 0.240 e. The van der Waals surface area contributed by atoms with Crippen LogP contribution in [0.1, 0.15) is 25.2 Å². The van der Waals surface area contributed by atoms with Gasteiger partial charge in [0.1, 0.15) is 12.4 Å². The molecule has 0 saturated carbocycles. The molecule has 1 heterocycles. The predicted octanol–water partition coefficient (Wildman–Crippen LogP) is 2.65. The number of hydrogen-bond donors (Lipinski definition) is 1. The fourth-order valence-corrected chi connectivity index (χ4v) is 2.47. The van der Waals surface area contributed by atoms with E-state index in [1.54, 1.807) is 0 Å². The minimum atomic E-state index is -0.00312. The topological polar surface area (TPSA) is 46.9 Å². The van der Waals surface area contributed by atoms with E-state index < -0.39 is 0 Å². The van der Waals surface area contributed by atoms with Crippen molar-refractivity contribution in [3.63, 3.8) is 0 Å². The lowest BCUT2D eigenvalue weighted by atomic mass is 10.2. The van der Waals surface area contributed by atoms with Crippen molar-refractivity contribution >= 4 is 28.5 Å². The van der Waals surface area contributed by atoms with E-state index in [0.29, 0.717) is 12.3 Å². The second-order valence-electron chi connectivity index (χ2n) is 5.22. The molecule has 0 spiro atoms. The number of imidazole rings is 1. The largest absolute Gasteiger partial charge is 0.352 e. The number of hydrogen-bond acceptors (Lipinski definition) is 2. The van der Waals surface area contributed by atoms with Crippen molar-refractivity contribution in [1.29, 1.82) is 0 Å². The summed E-state index contributed by atoms with van der Waals surface area (Å²) in [6, 6.07) is 6.14. The molecular weight excluding hydrogens is 274 g/mol. The third-order valence-electron chi connectivity index (χ3n) is 3.13. The zero-order valence-corrected chi connectivity index (χ0v) is 12.9. The molecule has 2 aromatic rings. The van der Waals surface area contributed by atoms with Gasteiger partial charge in [-0.15, -0.1) is 11.6 Å². The van der Waals surface area contributed by atoms with Gasteiger partial charge in [-0.05, 0) is 32.4 Å². The Balaban J connectivity index is 2.41. The van der Waals surface area contributed by atoms with E-state index in [2.05, 4.69) is 10.3 Å². The molecule has 0 unspecified atom stereocenters. The first-order valence-corrected chi connectivity index (χ1v) is 7.36. The highest BCUT2D eigenvalue weighted by molar-refractivity contribution is 6.17. The summed E-state index contributed by atoms with van der Waals surface area (Å²) >= 11 is 5.84. The van der Waals surface area contributed by atoms with E-state index in [-0.39, 0.29) is 18.5 Å². The first-order chi connectivity index (χ1) is 9.52. The van der Waals surface area contributed by atoms with Crippen LogP contribution in [0, 0.1) is 6.92 Å². The molecule has 2 rings (SSSR count). The number of amides is 1. The number of nitrogens with zero attached hydrogens (tertiary/aromatic N) is 2. The van der Waals surface area contributed by atoms with Gasteiger partial charge >= 0.3 is 0 Å². The Morgan fingerprint density at radius 1 is 1.45 bits per heavy atom. The molecule has 20 heavy (non-hydrogen) atoms. The summed E-state index contributed by atoms with van der Waals surface area (Å²) in [5.41, 5.74) is 3.05. The molecule has 1 aromatic carbocycles. The van der Waals surface area contributed by atoms with Crippen molar-refractivity contribution in [3.05, 3.63) is 29.6 Å². The van der Waals surface area contributed by atoms with E-state index in [1.165, 1.54) is 0 Å². The number of nitrogens with one attached hydrogen (secondary N) is 1. The Kier molecular flexibility index (Phi) is 4.65. The number of aryl methyl sites for hydroxylation is 2. The molecule has 0 fully saturated rings. The maximum absolute atomic E-state index is 12.0. The second-order valence-corrected chi connectivity index (χ2v) is 5.60. The van der Waals surface area contributed by atoms with E-state index in [0.717, 1.165) is 22.4 Å². The average molecular weight is 294 g/mol. The first-order valence-electron chi connectivity index (χ1n) is 6.83. The number of rotatable bonds is 5. The van der Waals surface area contributed by atoms with Gasteiger partial charge in [0, 0.05) is 18.3 Å². The van der Waals surface area contributed by atoms with Crippen LogP contribution in [-0.4, -0.2) is 27.4 Å². The van der Waals surface area contributed by atoms with Gasteiger partial charge in [0.2, 0.25) is 5.91 Å². The Bertz CT molecular complexity index is 619. The zero-order chi connectivity index (χ0) is 14.7. The number of halogens is 1. The SMILES string of the molecule is Cc1cccc2c1nc(CCCl)n2CC(=O)NC(C)C. The van der Waals surface area contributed by atoms with Crippen LogP contribution in [0.25, 0.3) is 11.0 Å². The molecule has 0 aliphatic heterocycles. The Hall–Kier alpha value is -1.55. The standard InChI is InChI=1S/C15H20ClN3O/c1-10(2)17-14(20)9-19-12-6-4-5-11(3)15(12)18-13(19)7-8-16/h4-6,10H,7-9H2,1-3H3,(H,17,20). The summed E-state index contributed by atoms with van der Waals surface area (Å²) in [7, 11) is 0. The van der Waals surface area contributed by atoms with Crippen LogP contribution in [0.3, 0.4) is 0 Å². The lowest BCUT2D eigenvalue weighted by Crippen LogP contribution is -2.33. The molecule has 0 aliphatic carbocycles. The van der Waals surface area contributed by atoms with Gasteiger partial charge in [0.25, 0.3) is 0 Å². The highest BCUT2D eigenvalue weighted by Crippen LogP contribution is 2.20. The fourth-order valence-electron chi connectivity index (χ4n) is 2.30. The molecular formula is C15H20ClN3O. The van der Waals surface area contributed by atoms with E-state index >= 15 is 0 Å². The molecule has 1 amide bonds. The molecule has 5 heteroatoms. The normalized spacial score (nSPS) is 11.2. The summed E-state index contributed by atoms with van der Waals surface area (Å²) in [5, 5.41) is 2.91. The molecule has 1 N–H and O–H groups in total. The van der Waals surface area contributed by atoms with E-state index in [1.807, 2.05) is 43.5 Å². The van der Waals surface area contributed by atoms with Crippen LogP contribution in [0.15, 0.2) is 18.2 Å². The van der Waals surface area contributed by atoms with Gasteiger partial charge in [-0.3, -0.25) is 4.79 Å². The third kappa shape index (κ3) is 3.12. The highest BCUT2D eigenvalue weighted by atomic mass is 35.5. The average Bonchev–Trinajstić information content (AvgIpc) is 2.69. The Morgan fingerprint density at radius 2 is 2.20 bits per heavy atom. The fraction of sp³-hybridized carbons (Fsp3) is 0.467. The van der Waals surface area contributed by atoms with Crippen molar-refractivity contribution in [1.82, 2.24) is 14.9 Å². The van der Waals surface area contributed by atoms with Crippen LogP contribution in [0.5, 0.6) is 0 Å². The van der Waals surface area contributed by atoms with Gasteiger partial charge in [0.05, 0.1) is 11.0 Å². The van der Waals surface area contributed by atoms with Gasteiger partial charge in [0.15, 0.2) is 0 Å². The van der Waals surface area contributed by atoms with Crippen molar-refractivity contribution in [2.75, 3.05) is 5.88 Å². The molecule has 108 valence electrons. The maximum Gasteiger partial charge on any atom is 0.240 e. The minimum Gasteiger partial charge on any atom is -0.352 e. The highest BCUT2D eigenvalue weighted by Gasteiger charge is 2.14. The molecule has 0 radical (unpaired) electrons.